The van der Waals surface area contributed by atoms with E-state index in [0.29, 0.717) is 5.69 Å². The molecule has 0 aliphatic carbocycles. The predicted molar refractivity (Wildman–Crippen MR) is 73.4 cm³/mol. The lowest BCUT2D eigenvalue weighted by atomic mass is 10.6. The molecular formula is C7H15ClN4O6S2. The van der Waals surface area contributed by atoms with Gasteiger partial charge in [-0.2, -0.15) is 8.42 Å². The van der Waals surface area contributed by atoms with Gasteiger partial charge < -0.3 is 5.73 Å². The molecule has 0 saturated carbocycles. The third-order valence-corrected chi connectivity index (χ3v) is 3.55. The lowest BCUT2D eigenvalue weighted by Gasteiger charge is -1.89. The van der Waals surface area contributed by atoms with Crippen molar-refractivity contribution in [2.75, 3.05) is 17.2 Å². The van der Waals surface area contributed by atoms with E-state index < -0.39 is 20.2 Å². The van der Waals surface area contributed by atoms with Crippen molar-refractivity contribution in [3.63, 3.8) is 0 Å². The van der Waals surface area contributed by atoms with Crippen molar-refractivity contribution in [2.45, 2.75) is 13.8 Å². The van der Waals surface area contributed by atoms with Gasteiger partial charge in [0, 0.05) is 11.5 Å². The Morgan fingerprint density at radius 1 is 1.20 bits per heavy atom. The zero-order valence-corrected chi connectivity index (χ0v) is 13.0. The number of sulfone groups is 1. The summed E-state index contributed by atoms with van der Waals surface area (Å²) in [5, 5.41) is 10.2. The molecule has 0 fully saturated rings. The molecule has 13 heteroatoms. The lowest BCUT2D eigenvalue weighted by molar-refractivity contribution is 0.381. The van der Waals surface area contributed by atoms with E-state index in [9.17, 15) is 8.42 Å². The van der Waals surface area contributed by atoms with Crippen LogP contribution >= 0.6 is 11.6 Å². The van der Waals surface area contributed by atoms with Gasteiger partial charge in [0.25, 0.3) is 0 Å². The van der Waals surface area contributed by atoms with Gasteiger partial charge in [-0.25, -0.2) is 8.42 Å². The van der Waals surface area contributed by atoms with E-state index in [0.717, 1.165) is 0 Å². The monoisotopic (exact) mass is 350 g/mol. The van der Waals surface area contributed by atoms with Gasteiger partial charge in [0.05, 0.1) is 11.9 Å². The smallest absolute Gasteiger partial charge is 0.394 e. The molecule has 0 amide bonds. The number of nitrogens with zero attached hydrogens (tertiary/aromatic N) is 3. The van der Waals surface area contributed by atoms with Gasteiger partial charge in [-0.3, -0.25) is 9.11 Å². The van der Waals surface area contributed by atoms with Gasteiger partial charge >= 0.3 is 10.4 Å². The first-order chi connectivity index (χ1) is 8.93. The van der Waals surface area contributed by atoms with Crippen LogP contribution in [0.4, 0.5) is 5.69 Å². The standard InChI is InChI=1S/C4H10O2S.C3H3ClN4.H2O4S/c1-3-7(5,6)4-2;4-3-2(5)1-6-8-7-3;1-5(2,3)4/h3-4H2,1-2H3;1H,(H2,5,8);(H2,1,2,3,4). The molecule has 0 spiro atoms. The van der Waals surface area contributed by atoms with Crippen LogP contribution < -0.4 is 5.73 Å². The Balaban J connectivity index is 0. The minimum absolute atomic E-state index is 0.194. The van der Waals surface area contributed by atoms with Crippen LogP contribution in [-0.2, 0) is 20.2 Å². The minimum atomic E-state index is -4.67. The number of nitrogen functional groups attached to an aromatic ring is 1. The molecule has 1 aromatic heterocycles. The van der Waals surface area contributed by atoms with Crippen LogP contribution in [0.3, 0.4) is 0 Å². The molecule has 0 aliphatic heterocycles. The molecule has 118 valence electrons. The zero-order valence-electron chi connectivity index (χ0n) is 10.6. The Labute approximate surface area is 121 Å². The summed E-state index contributed by atoms with van der Waals surface area (Å²) >= 11 is 5.37. The van der Waals surface area contributed by atoms with Gasteiger partial charge in [-0.05, 0) is 5.21 Å². The molecular weight excluding hydrogens is 336 g/mol. The number of aromatic nitrogens is 3. The summed E-state index contributed by atoms with van der Waals surface area (Å²) in [5.41, 5.74) is 5.57. The molecule has 4 N–H and O–H groups in total. The molecule has 0 aliphatic rings. The summed E-state index contributed by atoms with van der Waals surface area (Å²) in [7, 11) is -7.32. The van der Waals surface area contributed by atoms with Crippen LogP contribution in [0, 0.1) is 0 Å². The van der Waals surface area contributed by atoms with E-state index in [-0.39, 0.29) is 16.7 Å². The largest absolute Gasteiger partial charge is 0.395 e. The van der Waals surface area contributed by atoms with Crippen LogP contribution in [0.5, 0.6) is 0 Å². The van der Waals surface area contributed by atoms with E-state index >= 15 is 0 Å². The quantitative estimate of drug-likeness (QED) is 0.610. The molecule has 1 heterocycles. The zero-order chi connectivity index (χ0) is 16.4. The molecule has 0 saturated heterocycles. The van der Waals surface area contributed by atoms with Crippen LogP contribution in [0.1, 0.15) is 13.8 Å². The average molecular weight is 351 g/mol. The molecule has 1 aromatic rings. The second-order valence-corrected chi connectivity index (χ2v) is 6.84. The summed E-state index contributed by atoms with van der Waals surface area (Å²) in [5.74, 6) is 0.535. The fourth-order valence-electron chi connectivity index (χ4n) is 0.468. The second kappa shape index (κ2) is 9.77. The van der Waals surface area contributed by atoms with E-state index in [1.54, 1.807) is 13.8 Å². The maximum absolute atomic E-state index is 10.4. The van der Waals surface area contributed by atoms with Gasteiger partial charge in [-0.15, -0.1) is 10.2 Å². The van der Waals surface area contributed by atoms with Crippen molar-refractivity contribution in [1.29, 1.82) is 0 Å². The lowest BCUT2D eigenvalue weighted by Crippen LogP contribution is -2.04. The Morgan fingerprint density at radius 3 is 1.75 bits per heavy atom. The van der Waals surface area contributed by atoms with Gasteiger partial charge in [0.15, 0.2) is 5.15 Å². The number of hydrogen-bond donors (Lipinski definition) is 3. The molecule has 0 atom stereocenters. The number of nitrogens with two attached hydrogens (primary N) is 1. The first-order valence-corrected chi connectivity index (χ1v) is 8.52. The highest BCUT2D eigenvalue weighted by Gasteiger charge is 1.99. The van der Waals surface area contributed by atoms with E-state index in [1.165, 1.54) is 6.20 Å². The van der Waals surface area contributed by atoms with Crippen molar-refractivity contribution >= 4 is 37.5 Å². The van der Waals surface area contributed by atoms with Crippen LogP contribution in [0.2, 0.25) is 5.15 Å². The highest BCUT2D eigenvalue weighted by molar-refractivity contribution is 7.91. The van der Waals surface area contributed by atoms with E-state index in [2.05, 4.69) is 15.4 Å². The topological polar surface area (TPSA) is 173 Å². The molecule has 10 nitrogen and oxygen atoms in total. The third-order valence-electron chi connectivity index (χ3n) is 1.50. The number of rotatable bonds is 2. The van der Waals surface area contributed by atoms with Gasteiger partial charge in [-0.1, -0.05) is 25.4 Å². The Kier molecular flexibility index (Phi) is 10.4. The fraction of sp³-hybridized carbons (Fsp3) is 0.571. The summed E-state index contributed by atoms with van der Waals surface area (Å²) in [4.78, 5) is 0. The number of hydrogen-bond acceptors (Lipinski definition) is 8. The van der Waals surface area contributed by atoms with Crippen molar-refractivity contribution in [3.05, 3.63) is 11.3 Å². The minimum Gasteiger partial charge on any atom is -0.395 e. The Hall–Kier alpha value is -1.08. The highest BCUT2D eigenvalue weighted by Crippen LogP contribution is 2.08. The second-order valence-electron chi connectivity index (χ2n) is 2.95. The molecule has 1 rings (SSSR count). The molecule has 0 bridgehead atoms. The average Bonchev–Trinajstić information content (AvgIpc) is 2.32. The van der Waals surface area contributed by atoms with Gasteiger partial charge in [0.2, 0.25) is 0 Å². The first-order valence-electron chi connectivity index (χ1n) is 4.92. The van der Waals surface area contributed by atoms with Crippen LogP contribution in [-0.4, -0.2) is 52.9 Å². The molecule has 0 aromatic carbocycles. The molecule has 0 unspecified atom stereocenters. The van der Waals surface area contributed by atoms with E-state index in [4.69, 9.17) is 34.9 Å². The van der Waals surface area contributed by atoms with Crippen molar-refractivity contribution in [2.24, 2.45) is 0 Å². The summed E-state index contributed by atoms with van der Waals surface area (Å²) in [6.45, 7) is 3.30. The Bertz CT molecular complexity index is 552. The van der Waals surface area contributed by atoms with Crippen molar-refractivity contribution in [3.8, 4) is 0 Å². The van der Waals surface area contributed by atoms with Crippen molar-refractivity contribution < 1.29 is 25.9 Å². The molecule has 20 heavy (non-hydrogen) atoms. The van der Waals surface area contributed by atoms with Crippen molar-refractivity contribution in [1.82, 2.24) is 15.4 Å². The van der Waals surface area contributed by atoms with Crippen LogP contribution in [0.25, 0.3) is 0 Å². The maximum Gasteiger partial charge on any atom is 0.394 e. The first kappa shape index (κ1) is 21.2. The third kappa shape index (κ3) is 16.9. The summed E-state index contributed by atoms with van der Waals surface area (Å²) < 4.78 is 52.3. The summed E-state index contributed by atoms with van der Waals surface area (Å²) in [6.07, 6.45) is 1.34. The fourth-order valence-corrected chi connectivity index (χ4v) is 0.959. The summed E-state index contributed by atoms with van der Waals surface area (Å²) in [6, 6.07) is 0. The van der Waals surface area contributed by atoms with Crippen LogP contribution in [0.15, 0.2) is 6.20 Å². The van der Waals surface area contributed by atoms with E-state index in [1.807, 2.05) is 0 Å². The number of anilines is 1. The number of halogens is 1. The highest BCUT2D eigenvalue weighted by atomic mass is 35.5. The van der Waals surface area contributed by atoms with Gasteiger partial charge in [0.1, 0.15) is 9.84 Å². The normalized spacial score (nSPS) is 10.7. The maximum atomic E-state index is 10.4. The predicted octanol–water partition coefficient (Wildman–Crippen LogP) is -0.105. The Morgan fingerprint density at radius 2 is 1.60 bits per heavy atom. The SMILES string of the molecule is CCS(=O)(=O)CC.Nc1cnnnc1Cl.O=S(=O)(O)O. The molecule has 0 radical (unpaired) electrons.